The molecule has 0 bridgehead atoms. The van der Waals surface area contributed by atoms with Gasteiger partial charge in [0, 0.05) is 18.7 Å². The third-order valence-electron chi connectivity index (χ3n) is 6.00. The number of rotatable bonds is 4. The molecular formula is C25H24F2N4O2. The summed E-state index contributed by atoms with van der Waals surface area (Å²) in [6.45, 7) is 5.73. The topological polar surface area (TPSA) is 66.4 Å². The predicted octanol–water partition coefficient (Wildman–Crippen LogP) is 3.84. The highest BCUT2D eigenvalue weighted by Gasteiger charge is 2.34. The number of carbonyl (C=O) groups is 2. The SMILES string of the molecule is Cc1cnnc(Cc2ccc(F)c(C(=O)N3CC(=O)N(c4ccc(F)cc4)[C@@H](C)C3)c2)c1C. The number of halogens is 2. The lowest BCUT2D eigenvalue weighted by atomic mass is 10.0. The zero-order valence-electron chi connectivity index (χ0n) is 18.7. The molecule has 1 aromatic heterocycles. The maximum absolute atomic E-state index is 14.6. The Morgan fingerprint density at radius 1 is 1.12 bits per heavy atom. The van der Waals surface area contributed by atoms with Crippen LogP contribution in [0.3, 0.4) is 0 Å². The number of aromatic nitrogens is 2. The van der Waals surface area contributed by atoms with Crippen LogP contribution in [0.25, 0.3) is 0 Å². The van der Waals surface area contributed by atoms with Crippen molar-refractivity contribution in [2.45, 2.75) is 33.2 Å². The molecule has 2 amide bonds. The van der Waals surface area contributed by atoms with Crippen LogP contribution in [0.4, 0.5) is 14.5 Å². The third kappa shape index (κ3) is 4.60. The Morgan fingerprint density at radius 2 is 1.85 bits per heavy atom. The Balaban J connectivity index is 1.54. The van der Waals surface area contributed by atoms with E-state index in [1.807, 2.05) is 13.8 Å². The second kappa shape index (κ2) is 9.05. The number of aryl methyl sites for hydroxylation is 1. The summed E-state index contributed by atoms with van der Waals surface area (Å²) >= 11 is 0. The van der Waals surface area contributed by atoms with Crippen LogP contribution in [-0.2, 0) is 11.2 Å². The molecule has 2 aromatic carbocycles. The summed E-state index contributed by atoms with van der Waals surface area (Å²) in [4.78, 5) is 28.9. The molecule has 6 nitrogen and oxygen atoms in total. The smallest absolute Gasteiger partial charge is 0.257 e. The molecule has 0 aliphatic carbocycles. The number of nitrogens with zero attached hydrogens (tertiary/aromatic N) is 4. The average Bonchev–Trinajstić information content (AvgIpc) is 2.78. The summed E-state index contributed by atoms with van der Waals surface area (Å²) in [5, 5.41) is 8.15. The lowest BCUT2D eigenvalue weighted by Crippen LogP contribution is -2.57. The minimum atomic E-state index is -0.642. The number of hydrogen-bond acceptors (Lipinski definition) is 4. The van der Waals surface area contributed by atoms with Gasteiger partial charge in [0.25, 0.3) is 5.91 Å². The van der Waals surface area contributed by atoms with Crippen molar-refractivity contribution in [2.24, 2.45) is 0 Å². The van der Waals surface area contributed by atoms with Crippen LogP contribution in [0.15, 0.2) is 48.7 Å². The van der Waals surface area contributed by atoms with Gasteiger partial charge in [-0.15, -0.1) is 0 Å². The van der Waals surface area contributed by atoms with Crippen molar-refractivity contribution in [1.29, 1.82) is 0 Å². The summed E-state index contributed by atoms with van der Waals surface area (Å²) in [7, 11) is 0. The first-order chi connectivity index (χ1) is 15.7. The van der Waals surface area contributed by atoms with Crippen LogP contribution in [0, 0.1) is 25.5 Å². The number of amides is 2. The Morgan fingerprint density at radius 3 is 2.55 bits per heavy atom. The predicted molar refractivity (Wildman–Crippen MR) is 120 cm³/mol. The first-order valence-corrected chi connectivity index (χ1v) is 10.7. The van der Waals surface area contributed by atoms with Gasteiger partial charge in [-0.1, -0.05) is 6.07 Å². The van der Waals surface area contributed by atoms with Gasteiger partial charge in [-0.3, -0.25) is 9.59 Å². The van der Waals surface area contributed by atoms with Crippen molar-refractivity contribution < 1.29 is 18.4 Å². The fraction of sp³-hybridized carbons (Fsp3) is 0.280. The van der Waals surface area contributed by atoms with Gasteiger partial charge in [-0.2, -0.15) is 10.2 Å². The number of hydrogen-bond donors (Lipinski definition) is 0. The molecule has 1 fully saturated rings. The third-order valence-corrected chi connectivity index (χ3v) is 6.00. The van der Waals surface area contributed by atoms with Crippen molar-refractivity contribution in [3.63, 3.8) is 0 Å². The van der Waals surface area contributed by atoms with Crippen molar-refractivity contribution in [3.8, 4) is 0 Å². The van der Waals surface area contributed by atoms with Crippen LogP contribution >= 0.6 is 0 Å². The Kier molecular flexibility index (Phi) is 6.18. The van der Waals surface area contributed by atoms with E-state index in [-0.39, 0.29) is 30.6 Å². The fourth-order valence-corrected chi connectivity index (χ4v) is 4.07. The van der Waals surface area contributed by atoms with Crippen molar-refractivity contribution in [1.82, 2.24) is 15.1 Å². The van der Waals surface area contributed by atoms with Gasteiger partial charge in [0.2, 0.25) is 5.91 Å². The Labute approximate surface area is 190 Å². The average molecular weight is 450 g/mol. The molecule has 0 radical (unpaired) electrons. The second-order valence-electron chi connectivity index (χ2n) is 8.37. The highest BCUT2D eigenvalue weighted by Crippen LogP contribution is 2.24. The van der Waals surface area contributed by atoms with E-state index in [9.17, 15) is 18.4 Å². The monoisotopic (exact) mass is 450 g/mol. The number of carbonyl (C=O) groups excluding carboxylic acids is 2. The molecule has 4 rings (SSSR count). The van der Waals surface area contributed by atoms with Crippen molar-refractivity contribution in [2.75, 3.05) is 18.0 Å². The second-order valence-corrected chi connectivity index (χ2v) is 8.37. The summed E-state index contributed by atoms with van der Waals surface area (Å²) in [6.07, 6.45) is 2.09. The van der Waals surface area contributed by atoms with Crippen LogP contribution in [0.5, 0.6) is 0 Å². The highest BCUT2D eigenvalue weighted by molar-refractivity contribution is 6.02. The fourth-order valence-electron chi connectivity index (χ4n) is 4.07. The maximum Gasteiger partial charge on any atom is 0.257 e. The van der Waals surface area contributed by atoms with E-state index in [0.29, 0.717) is 12.1 Å². The molecule has 0 N–H and O–H groups in total. The summed E-state index contributed by atoms with van der Waals surface area (Å²) < 4.78 is 27.9. The number of anilines is 1. The van der Waals surface area contributed by atoms with E-state index in [4.69, 9.17) is 0 Å². The van der Waals surface area contributed by atoms with E-state index in [0.717, 1.165) is 22.4 Å². The van der Waals surface area contributed by atoms with E-state index in [2.05, 4.69) is 10.2 Å². The zero-order chi connectivity index (χ0) is 23.7. The van der Waals surface area contributed by atoms with Gasteiger partial charge in [-0.25, -0.2) is 8.78 Å². The Bertz CT molecular complexity index is 1210. The lowest BCUT2D eigenvalue weighted by molar-refractivity contribution is -0.121. The normalized spacial score (nSPS) is 16.3. The molecule has 33 heavy (non-hydrogen) atoms. The van der Waals surface area contributed by atoms with E-state index in [1.165, 1.54) is 46.2 Å². The molecular weight excluding hydrogens is 426 g/mol. The molecule has 1 aliphatic heterocycles. The van der Waals surface area contributed by atoms with Crippen LogP contribution < -0.4 is 4.90 Å². The summed E-state index contributed by atoms with van der Waals surface area (Å²) in [5.41, 5.74) is 3.97. The minimum absolute atomic E-state index is 0.0824. The number of benzene rings is 2. The molecule has 2 heterocycles. The van der Waals surface area contributed by atoms with E-state index < -0.39 is 17.5 Å². The van der Waals surface area contributed by atoms with Gasteiger partial charge in [-0.05, 0) is 73.9 Å². The molecule has 0 spiro atoms. The first-order valence-electron chi connectivity index (χ1n) is 10.7. The van der Waals surface area contributed by atoms with Gasteiger partial charge in [0.15, 0.2) is 0 Å². The van der Waals surface area contributed by atoms with E-state index >= 15 is 0 Å². The molecule has 8 heteroatoms. The zero-order valence-corrected chi connectivity index (χ0v) is 18.7. The molecule has 170 valence electrons. The number of piperazine rings is 1. The van der Waals surface area contributed by atoms with Gasteiger partial charge in [0.1, 0.15) is 18.2 Å². The van der Waals surface area contributed by atoms with Gasteiger partial charge >= 0.3 is 0 Å². The molecule has 3 aromatic rings. The van der Waals surface area contributed by atoms with Crippen molar-refractivity contribution >= 4 is 17.5 Å². The van der Waals surface area contributed by atoms with Crippen LogP contribution in [0.2, 0.25) is 0 Å². The summed E-state index contributed by atoms with van der Waals surface area (Å²) in [5.74, 6) is -1.89. The molecule has 0 saturated carbocycles. The summed E-state index contributed by atoms with van der Waals surface area (Å²) in [6, 6.07) is 9.68. The maximum atomic E-state index is 14.6. The quantitative estimate of drug-likeness (QED) is 0.606. The van der Waals surface area contributed by atoms with Gasteiger partial charge < -0.3 is 9.80 Å². The van der Waals surface area contributed by atoms with Crippen molar-refractivity contribution in [3.05, 3.63) is 88.2 Å². The molecule has 1 saturated heterocycles. The molecule has 0 unspecified atom stereocenters. The largest absolute Gasteiger partial charge is 0.327 e. The minimum Gasteiger partial charge on any atom is -0.327 e. The standard InChI is InChI=1S/C25H24F2N4O2/c1-15-12-28-29-23(17(15)3)11-18-4-9-22(27)21(10-18)25(33)30-13-16(2)31(24(32)14-30)20-7-5-19(26)6-8-20/h4-10,12,16H,11,13-14H2,1-3H3/t16-/m0/s1. The van der Waals surface area contributed by atoms with Gasteiger partial charge in [0.05, 0.1) is 23.5 Å². The van der Waals surface area contributed by atoms with Crippen LogP contribution in [-0.4, -0.2) is 46.0 Å². The van der Waals surface area contributed by atoms with E-state index in [1.54, 1.807) is 19.2 Å². The lowest BCUT2D eigenvalue weighted by Gasteiger charge is -2.39. The molecule has 1 aliphatic rings. The van der Waals surface area contributed by atoms with Crippen LogP contribution in [0.1, 0.15) is 39.7 Å². The first kappa shape index (κ1) is 22.5. The molecule has 1 atom stereocenters. The Hall–Kier alpha value is -3.68. The highest BCUT2D eigenvalue weighted by atomic mass is 19.1.